The molecule has 1 unspecified atom stereocenters. The average molecular weight is 235 g/mol. The fourth-order valence-corrected chi connectivity index (χ4v) is 2.81. The molecule has 2 rings (SSSR count). The maximum absolute atomic E-state index is 14.7. The number of halogens is 1. The molecule has 0 amide bonds. The predicted octanol–water partition coefficient (Wildman–Crippen LogP) is 3.33. The van der Waals surface area contributed by atoms with Crippen LogP contribution in [0.1, 0.15) is 36.0 Å². The molecule has 1 N–H and O–H groups in total. The van der Waals surface area contributed by atoms with Gasteiger partial charge in [-0.1, -0.05) is 29.3 Å². The molecule has 0 bridgehead atoms. The lowest BCUT2D eigenvalue weighted by Crippen LogP contribution is -2.27. The van der Waals surface area contributed by atoms with Gasteiger partial charge in [0.05, 0.1) is 0 Å². The van der Waals surface area contributed by atoms with Gasteiger partial charge in [0.1, 0.15) is 5.67 Å². The lowest BCUT2D eigenvalue weighted by atomic mass is 9.88. The average Bonchev–Trinajstić information content (AvgIpc) is 2.41. The van der Waals surface area contributed by atoms with Crippen molar-refractivity contribution in [1.82, 2.24) is 5.32 Å². The number of hydrogen-bond acceptors (Lipinski definition) is 1. The third kappa shape index (κ3) is 3.53. The second-order valence-electron chi connectivity index (χ2n) is 5.43. The van der Waals surface area contributed by atoms with Gasteiger partial charge in [0.25, 0.3) is 0 Å². The summed E-state index contributed by atoms with van der Waals surface area (Å²) in [5, 5.41) is 3.27. The molecule has 2 heteroatoms. The van der Waals surface area contributed by atoms with E-state index in [0.29, 0.717) is 19.3 Å². The van der Waals surface area contributed by atoms with E-state index >= 15 is 0 Å². The summed E-state index contributed by atoms with van der Waals surface area (Å²) < 4.78 is 14.7. The predicted molar refractivity (Wildman–Crippen MR) is 70.2 cm³/mol. The normalized spacial score (nSPS) is 25.6. The van der Waals surface area contributed by atoms with Crippen molar-refractivity contribution in [2.45, 2.75) is 45.2 Å². The van der Waals surface area contributed by atoms with Crippen LogP contribution in [0.3, 0.4) is 0 Å². The van der Waals surface area contributed by atoms with Crippen LogP contribution in [0.25, 0.3) is 0 Å². The van der Waals surface area contributed by atoms with Crippen LogP contribution in [-0.4, -0.2) is 18.8 Å². The Morgan fingerprint density at radius 1 is 1.12 bits per heavy atom. The summed E-state index contributed by atoms with van der Waals surface area (Å²) in [6.07, 6.45) is 2.84. The van der Waals surface area contributed by atoms with Crippen LogP contribution < -0.4 is 5.32 Å². The molecule has 1 atom stereocenters. The van der Waals surface area contributed by atoms with Gasteiger partial charge in [0.15, 0.2) is 0 Å². The number of aryl methyl sites for hydroxylation is 2. The summed E-state index contributed by atoms with van der Waals surface area (Å²) in [6.45, 7) is 5.92. The third-order valence-electron chi connectivity index (χ3n) is 3.53. The van der Waals surface area contributed by atoms with Gasteiger partial charge < -0.3 is 5.32 Å². The quantitative estimate of drug-likeness (QED) is 0.829. The van der Waals surface area contributed by atoms with E-state index in [9.17, 15) is 4.39 Å². The summed E-state index contributed by atoms with van der Waals surface area (Å²) in [5.41, 5.74) is 2.60. The van der Waals surface area contributed by atoms with Gasteiger partial charge in [-0.05, 0) is 51.8 Å². The maximum atomic E-state index is 14.7. The van der Waals surface area contributed by atoms with Gasteiger partial charge >= 0.3 is 0 Å². The van der Waals surface area contributed by atoms with Crippen LogP contribution in [0.2, 0.25) is 0 Å². The minimum atomic E-state index is -1.01. The zero-order valence-corrected chi connectivity index (χ0v) is 10.9. The highest BCUT2D eigenvalue weighted by Gasteiger charge is 2.30. The summed E-state index contributed by atoms with van der Waals surface area (Å²) in [6, 6.07) is 6.38. The van der Waals surface area contributed by atoms with Crippen molar-refractivity contribution < 1.29 is 4.39 Å². The zero-order chi connectivity index (χ0) is 12.3. The number of alkyl halides is 1. The molecule has 1 aromatic rings. The monoisotopic (exact) mass is 235 g/mol. The van der Waals surface area contributed by atoms with Crippen LogP contribution in [0, 0.1) is 13.8 Å². The molecular formula is C15H22FN. The number of rotatable bonds is 2. The Morgan fingerprint density at radius 2 is 1.82 bits per heavy atom. The molecule has 0 aliphatic carbocycles. The van der Waals surface area contributed by atoms with Gasteiger partial charge in [0, 0.05) is 6.42 Å². The first-order valence-electron chi connectivity index (χ1n) is 6.54. The highest BCUT2D eigenvalue weighted by atomic mass is 19.1. The molecule has 1 saturated heterocycles. The molecule has 0 spiro atoms. The lowest BCUT2D eigenvalue weighted by Gasteiger charge is -2.23. The van der Waals surface area contributed by atoms with Crippen LogP contribution in [-0.2, 0) is 6.42 Å². The second-order valence-corrected chi connectivity index (χ2v) is 5.43. The Balaban J connectivity index is 2.12. The highest BCUT2D eigenvalue weighted by Crippen LogP contribution is 2.29. The number of benzene rings is 1. The molecule has 0 saturated carbocycles. The third-order valence-corrected chi connectivity index (χ3v) is 3.53. The standard InChI is InChI=1S/C15H22FN/c1-12-8-13(2)10-14(9-12)11-15(16)4-3-6-17-7-5-15/h8-10,17H,3-7,11H2,1-2H3. The van der Waals surface area contributed by atoms with Crippen LogP contribution >= 0.6 is 0 Å². The molecule has 0 radical (unpaired) electrons. The number of hydrogen-bond donors (Lipinski definition) is 1. The summed E-state index contributed by atoms with van der Waals surface area (Å²) >= 11 is 0. The Morgan fingerprint density at radius 3 is 2.53 bits per heavy atom. The summed E-state index contributed by atoms with van der Waals surface area (Å²) in [7, 11) is 0. The largest absolute Gasteiger partial charge is 0.317 e. The van der Waals surface area contributed by atoms with E-state index in [4.69, 9.17) is 0 Å². The number of nitrogens with one attached hydrogen (secondary N) is 1. The fourth-order valence-electron chi connectivity index (χ4n) is 2.81. The molecule has 1 aliphatic heterocycles. The van der Waals surface area contributed by atoms with Gasteiger partial charge in [-0.25, -0.2) is 4.39 Å². The van der Waals surface area contributed by atoms with Crippen molar-refractivity contribution >= 4 is 0 Å². The van der Waals surface area contributed by atoms with Gasteiger partial charge in [-0.2, -0.15) is 0 Å². The van der Waals surface area contributed by atoms with E-state index in [-0.39, 0.29) is 0 Å². The van der Waals surface area contributed by atoms with E-state index in [2.05, 4.69) is 37.4 Å². The Kier molecular flexibility index (Phi) is 3.82. The van der Waals surface area contributed by atoms with Gasteiger partial charge in [0.2, 0.25) is 0 Å². The van der Waals surface area contributed by atoms with Crippen molar-refractivity contribution in [3.8, 4) is 0 Å². The van der Waals surface area contributed by atoms with E-state index in [1.807, 2.05) is 0 Å². The van der Waals surface area contributed by atoms with E-state index in [1.165, 1.54) is 11.1 Å². The molecule has 1 aromatic carbocycles. The minimum Gasteiger partial charge on any atom is -0.317 e. The Labute approximate surface area is 103 Å². The molecular weight excluding hydrogens is 213 g/mol. The van der Waals surface area contributed by atoms with Crippen molar-refractivity contribution in [2.75, 3.05) is 13.1 Å². The SMILES string of the molecule is Cc1cc(C)cc(CC2(F)CCCNCC2)c1. The maximum Gasteiger partial charge on any atom is 0.116 e. The lowest BCUT2D eigenvalue weighted by molar-refractivity contribution is 0.144. The highest BCUT2D eigenvalue weighted by molar-refractivity contribution is 5.29. The van der Waals surface area contributed by atoms with Crippen molar-refractivity contribution in [1.29, 1.82) is 0 Å². The molecule has 0 aromatic heterocycles. The summed E-state index contributed by atoms with van der Waals surface area (Å²) in [5.74, 6) is 0. The van der Waals surface area contributed by atoms with Crippen molar-refractivity contribution in [3.05, 3.63) is 34.9 Å². The first-order valence-corrected chi connectivity index (χ1v) is 6.54. The topological polar surface area (TPSA) is 12.0 Å². The molecule has 1 fully saturated rings. The molecule has 17 heavy (non-hydrogen) atoms. The first-order chi connectivity index (χ1) is 8.07. The van der Waals surface area contributed by atoms with E-state index in [1.54, 1.807) is 0 Å². The van der Waals surface area contributed by atoms with Crippen LogP contribution in [0.15, 0.2) is 18.2 Å². The smallest absolute Gasteiger partial charge is 0.116 e. The van der Waals surface area contributed by atoms with Crippen LogP contribution in [0.4, 0.5) is 4.39 Å². The van der Waals surface area contributed by atoms with Crippen LogP contribution in [0.5, 0.6) is 0 Å². The first kappa shape index (κ1) is 12.6. The molecule has 1 nitrogen and oxygen atoms in total. The van der Waals surface area contributed by atoms with E-state index in [0.717, 1.165) is 25.1 Å². The minimum absolute atomic E-state index is 0.567. The van der Waals surface area contributed by atoms with Gasteiger partial charge in [-0.15, -0.1) is 0 Å². The Bertz CT molecular complexity index is 358. The second kappa shape index (κ2) is 5.18. The summed E-state index contributed by atoms with van der Waals surface area (Å²) in [4.78, 5) is 0. The Hall–Kier alpha value is -0.890. The molecule has 1 aliphatic rings. The van der Waals surface area contributed by atoms with Crippen molar-refractivity contribution in [2.24, 2.45) is 0 Å². The van der Waals surface area contributed by atoms with Gasteiger partial charge in [-0.3, -0.25) is 0 Å². The van der Waals surface area contributed by atoms with E-state index < -0.39 is 5.67 Å². The zero-order valence-electron chi connectivity index (χ0n) is 10.9. The molecule has 1 heterocycles. The molecule has 94 valence electrons. The van der Waals surface area contributed by atoms with Crippen molar-refractivity contribution in [3.63, 3.8) is 0 Å². The fraction of sp³-hybridized carbons (Fsp3) is 0.600.